The van der Waals surface area contributed by atoms with Crippen LogP contribution in [0.2, 0.25) is 5.02 Å². The number of amides is 2. The minimum absolute atomic E-state index is 0.0217. The topological polar surface area (TPSA) is 76.5 Å². The second-order valence-corrected chi connectivity index (χ2v) is 11.5. The SMILES string of the molecule is O=C(CN1C(=O)CS[C@H](c2cccc(Cl)c2)c2c(-c3ccccc3)nn(-c3ccc(F)cc3)c21)NC[C@@H]1CCCO1. The first-order chi connectivity index (χ1) is 20.0. The first kappa shape index (κ1) is 27.5. The number of carbonyl (C=O) groups excluding carboxylic acids is 2. The summed E-state index contributed by atoms with van der Waals surface area (Å²) in [5, 5.41) is 8.22. The Hall–Kier alpha value is -3.66. The quantitative estimate of drug-likeness (QED) is 0.295. The summed E-state index contributed by atoms with van der Waals surface area (Å²) in [6, 6.07) is 23.2. The van der Waals surface area contributed by atoms with E-state index in [4.69, 9.17) is 21.4 Å². The van der Waals surface area contributed by atoms with Gasteiger partial charge in [-0.1, -0.05) is 54.1 Å². The van der Waals surface area contributed by atoms with Crippen molar-refractivity contribution in [3.05, 3.63) is 101 Å². The number of hydrogen-bond donors (Lipinski definition) is 1. The maximum Gasteiger partial charge on any atom is 0.240 e. The third-order valence-electron chi connectivity index (χ3n) is 7.21. The van der Waals surface area contributed by atoms with Crippen molar-refractivity contribution >= 4 is 41.0 Å². The van der Waals surface area contributed by atoms with Crippen LogP contribution in [0.1, 0.15) is 29.2 Å². The van der Waals surface area contributed by atoms with E-state index < -0.39 is 0 Å². The standard InChI is InChI=1S/C31H28ClFN4O3S/c32-22-9-4-8-21(16-22)30-28-29(20-6-2-1-3-7-20)35-37(24-13-11-23(33)12-14-24)31(28)36(27(39)19-41-30)18-26(38)34-17-25-10-5-15-40-25/h1-4,6-9,11-14,16,25,30H,5,10,15,17-19H2,(H,34,38)/t25-,30+/m0/s1. The van der Waals surface area contributed by atoms with Gasteiger partial charge in [0.2, 0.25) is 11.8 Å². The first-order valence-electron chi connectivity index (χ1n) is 13.5. The van der Waals surface area contributed by atoms with Gasteiger partial charge in [0, 0.05) is 29.3 Å². The molecule has 2 aliphatic heterocycles. The van der Waals surface area contributed by atoms with Gasteiger partial charge in [0.15, 0.2) is 0 Å². The zero-order valence-corrected chi connectivity index (χ0v) is 23.7. The number of thioether (sulfide) groups is 1. The van der Waals surface area contributed by atoms with E-state index in [-0.39, 0.29) is 41.3 Å². The summed E-state index contributed by atoms with van der Waals surface area (Å²) in [5.41, 5.74) is 3.79. The monoisotopic (exact) mass is 590 g/mol. The molecular formula is C31H28ClFN4O3S. The highest BCUT2D eigenvalue weighted by molar-refractivity contribution is 8.00. The molecule has 210 valence electrons. The van der Waals surface area contributed by atoms with E-state index in [0.29, 0.717) is 35.4 Å². The molecule has 1 saturated heterocycles. The zero-order chi connectivity index (χ0) is 28.3. The highest BCUT2D eigenvalue weighted by Crippen LogP contribution is 2.48. The number of carbonyl (C=O) groups is 2. The number of halogens is 2. The average molecular weight is 591 g/mol. The molecule has 0 spiro atoms. The molecule has 0 radical (unpaired) electrons. The molecule has 0 unspecified atom stereocenters. The number of anilines is 1. The second kappa shape index (κ2) is 12.1. The van der Waals surface area contributed by atoms with Crippen LogP contribution in [0.25, 0.3) is 16.9 Å². The van der Waals surface area contributed by atoms with Crippen LogP contribution in [-0.2, 0) is 14.3 Å². The van der Waals surface area contributed by atoms with Crippen molar-refractivity contribution < 1.29 is 18.7 Å². The van der Waals surface area contributed by atoms with E-state index in [0.717, 1.165) is 29.5 Å². The van der Waals surface area contributed by atoms with Crippen molar-refractivity contribution in [2.75, 3.05) is 30.3 Å². The van der Waals surface area contributed by atoms with Crippen LogP contribution in [0.5, 0.6) is 0 Å². The number of nitrogens with one attached hydrogen (secondary N) is 1. The molecule has 0 aliphatic carbocycles. The Morgan fingerprint density at radius 1 is 1.10 bits per heavy atom. The van der Waals surface area contributed by atoms with Crippen LogP contribution in [0.15, 0.2) is 78.9 Å². The fourth-order valence-electron chi connectivity index (χ4n) is 5.26. The minimum Gasteiger partial charge on any atom is -0.376 e. The van der Waals surface area contributed by atoms with Gasteiger partial charge < -0.3 is 10.1 Å². The number of fused-ring (bicyclic) bond motifs is 1. The predicted octanol–water partition coefficient (Wildman–Crippen LogP) is 5.80. The van der Waals surface area contributed by atoms with Crippen molar-refractivity contribution in [3.8, 4) is 16.9 Å². The van der Waals surface area contributed by atoms with Crippen LogP contribution >= 0.6 is 23.4 Å². The zero-order valence-electron chi connectivity index (χ0n) is 22.1. The van der Waals surface area contributed by atoms with Gasteiger partial charge in [0.25, 0.3) is 0 Å². The van der Waals surface area contributed by atoms with Crippen LogP contribution in [0, 0.1) is 5.82 Å². The molecule has 7 nitrogen and oxygen atoms in total. The molecule has 4 aromatic rings. The summed E-state index contributed by atoms with van der Waals surface area (Å²) in [4.78, 5) is 28.5. The van der Waals surface area contributed by atoms with Gasteiger partial charge >= 0.3 is 0 Å². The summed E-state index contributed by atoms with van der Waals surface area (Å²) < 4.78 is 21.2. The molecule has 0 bridgehead atoms. The highest BCUT2D eigenvalue weighted by Gasteiger charge is 2.38. The van der Waals surface area contributed by atoms with E-state index in [9.17, 15) is 14.0 Å². The van der Waals surface area contributed by atoms with Crippen molar-refractivity contribution in [2.45, 2.75) is 24.2 Å². The fraction of sp³-hybridized carbons (Fsp3) is 0.258. The van der Waals surface area contributed by atoms with Crippen LogP contribution in [-0.4, -0.2) is 53.1 Å². The number of hydrogen-bond acceptors (Lipinski definition) is 5. The lowest BCUT2D eigenvalue weighted by Crippen LogP contribution is -2.44. The maximum atomic E-state index is 13.9. The Balaban J connectivity index is 1.51. The molecule has 1 N–H and O–H groups in total. The van der Waals surface area contributed by atoms with Crippen molar-refractivity contribution in [3.63, 3.8) is 0 Å². The molecule has 10 heteroatoms. The highest BCUT2D eigenvalue weighted by atomic mass is 35.5. The van der Waals surface area contributed by atoms with Crippen molar-refractivity contribution in [2.24, 2.45) is 0 Å². The number of rotatable bonds is 7. The second-order valence-electron chi connectivity index (χ2n) is 10.0. The molecular weight excluding hydrogens is 563 g/mol. The lowest BCUT2D eigenvalue weighted by molar-refractivity contribution is -0.123. The van der Waals surface area contributed by atoms with E-state index in [1.165, 1.54) is 28.8 Å². The van der Waals surface area contributed by atoms with Gasteiger partial charge in [-0.15, -0.1) is 11.8 Å². The van der Waals surface area contributed by atoms with Crippen LogP contribution in [0.3, 0.4) is 0 Å². The summed E-state index contributed by atoms with van der Waals surface area (Å²) in [5.74, 6) is -0.287. The number of ether oxygens (including phenoxy) is 1. The molecule has 41 heavy (non-hydrogen) atoms. The lowest BCUT2D eigenvalue weighted by Gasteiger charge is -2.23. The minimum atomic E-state index is -0.385. The van der Waals surface area contributed by atoms with Crippen LogP contribution in [0.4, 0.5) is 10.2 Å². The third kappa shape index (κ3) is 5.88. The molecule has 3 heterocycles. The maximum absolute atomic E-state index is 13.9. The van der Waals surface area contributed by atoms with Crippen molar-refractivity contribution in [1.82, 2.24) is 15.1 Å². The van der Waals surface area contributed by atoms with Crippen LogP contribution < -0.4 is 10.2 Å². The molecule has 1 fully saturated rings. The molecule has 0 saturated carbocycles. The summed E-state index contributed by atoms with van der Waals surface area (Å²) >= 11 is 7.88. The Bertz CT molecular complexity index is 1560. The van der Waals surface area contributed by atoms with Gasteiger partial charge in [-0.05, 0) is 54.8 Å². The van der Waals surface area contributed by atoms with Gasteiger partial charge in [-0.25, -0.2) is 9.07 Å². The molecule has 2 atom stereocenters. The largest absolute Gasteiger partial charge is 0.376 e. The Kier molecular flexibility index (Phi) is 8.09. The summed E-state index contributed by atoms with van der Waals surface area (Å²) in [6.45, 7) is 0.887. The Labute approximate surface area is 246 Å². The van der Waals surface area contributed by atoms with Gasteiger partial charge in [-0.2, -0.15) is 5.10 Å². The molecule has 1 aromatic heterocycles. The first-order valence-corrected chi connectivity index (χ1v) is 14.9. The fourth-order valence-corrected chi connectivity index (χ4v) is 6.64. The molecule has 2 amide bonds. The van der Waals surface area contributed by atoms with E-state index in [2.05, 4.69) is 5.32 Å². The molecule has 3 aromatic carbocycles. The number of aromatic nitrogens is 2. The normalized spacial score (nSPS) is 18.7. The predicted molar refractivity (Wildman–Crippen MR) is 159 cm³/mol. The Morgan fingerprint density at radius 3 is 2.63 bits per heavy atom. The van der Waals surface area contributed by atoms with E-state index >= 15 is 0 Å². The Morgan fingerprint density at radius 2 is 1.90 bits per heavy atom. The van der Waals surface area contributed by atoms with Gasteiger partial charge in [0.05, 0.1) is 28.5 Å². The molecule has 2 aliphatic rings. The number of benzene rings is 3. The summed E-state index contributed by atoms with van der Waals surface area (Å²) in [7, 11) is 0. The van der Waals surface area contributed by atoms with Gasteiger partial charge in [0.1, 0.15) is 18.2 Å². The van der Waals surface area contributed by atoms with Gasteiger partial charge in [-0.3, -0.25) is 14.5 Å². The van der Waals surface area contributed by atoms with E-state index in [1.807, 2.05) is 54.6 Å². The molecule has 6 rings (SSSR count). The smallest absolute Gasteiger partial charge is 0.240 e. The summed E-state index contributed by atoms with van der Waals surface area (Å²) in [6.07, 6.45) is 1.84. The van der Waals surface area contributed by atoms with E-state index in [1.54, 1.807) is 16.8 Å². The number of nitrogens with zero attached hydrogens (tertiary/aromatic N) is 3. The lowest BCUT2D eigenvalue weighted by atomic mass is 9.99. The average Bonchev–Trinajstić information content (AvgIpc) is 3.62. The van der Waals surface area contributed by atoms with Crippen molar-refractivity contribution in [1.29, 1.82) is 0 Å². The third-order valence-corrected chi connectivity index (χ3v) is 8.70.